The van der Waals surface area contributed by atoms with Crippen molar-refractivity contribution in [2.24, 2.45) is 15.7 Å². The first-order valence-electron chi connectivity index (χ1n) is 9.80. The van der Waals surface area contributed by atoms with Crippen molar-refractivity contribution in [3.63, 3.8) is 0 Å². The molecule has 2 aliphatic rings. The van der Waals surface area contributed by atoms with E-state index in [4.69, 9.17) is 12.2 Å². The van der Waals surface area contributed by atoms with Gasteiger partial charge in [0.25, 0.3) is 5.91 Å². The third-order valence-electron chi connectivity index (χ3n) is 5.29. The number of nitrogens with two attached hydrogens (primary N) is 1. The second-order valence-electron chi connectivity index (χ2n) is 7.78. The third-order valence-corrected chi connectivity index (χ3v) is 6.37. The molecule has 0 aromatic heterocycles. The van der Waals surface area contributed by atoms with Crippen LogP contribution in [-0.2, 0) is 0 Å². The summed E-state index contributed by atoms with van der Waals surface area (Å²) in [7, 11) is 1.67. The molecule has 0 radical (unpaired) electrons. The zero-order valence-corrected chi connectivity index (χ0v) is 18.3. The number of hydrogen-bond acceptors (Lipinski definition) is 7. The molecule has 1 saturated carbocycles. The molecule has 0 bridgehead atoms. The first kappa shape index (κ1) is 21.9. The van der Waals surface area contributed by atoms with E-state index in [-0.39, 0.29) is 17.5 Å². The SMILES string of the molecule is C#CC(CN=C)N1CN(C/C(C=NC)=C/N)C(=O)c2cc(SNC3(C)CC3)ccc21. The number of hydrogen-bond donors (Lipinski definition) is 2. The van der Waals surface area contributed by atoms with E-state index in [1.165, 1.54) is 6.20 Å². The summed E-state index contributed by atoms with van der Waals surface area (Å²) < 4.78 is 3.49. The molecule has 0 saturated heterocycles. The number of terminal acetylenes is 1. The highest BCUT2D eigenvalue weighted by atomic mass is 32.2. The van der Waals surface area contributed by atoms with Gasteiger partial charge < -0.3 is 15.5 Å². The molecular formula is C22H28N6OS. The number of anilines is 1. The Balaban J connectivity index is 1.93. The van der Waals surface area contributed by atoms with E-state index in [0.717, 1.165) is 29.0 Å². The van der Waals surface area contributed by atoms with E-state index in [9.17, 15) is 4.79 Å². The number of amides is 1. The summed E-state index contributed by atoms with van der Waals surface area (Å²) in [5.74, 6) is 2.72. The van der Waals surface area contributed by atoms with Crippen molar-refractivity contribution in [3.05, 3.63) is 35.5 Å². The molecule has 1 aliphatic heterocycles. The highest BCUT2D eigenvalue weighted by Crippen LogP contribution is 2.38. The molecule has 3 N–H and O–H groups in total. The summed E-state index contributed by atoms with van der Waals surface area (Å²) in [6, 6.07) is 5.60. The Morgan fingerprint density at radius 3 is 2.90 bits per heavy atom. The Hall–Kier alpha value is -2.76. The number of nitrogens with one attached hydrogen (secondary N) is 1. The van der Waals surface area contributed by atoms with Crippen LogP contribution in [0.25, 0.3) is 0 Å². The summed E-state index contributed by atoms with van der Waals surface area (Å²) in [5.41, 5.74) is 8.09. The number of benzene rings is 1. The molecule has 0 spiro atoms. The lowest BCUT2D eigenvalue weighted by Crippen LogP contribution is -2.52. The molecule has 1 aromatic rings. The van der Waals surface area contributed by atoms with Gasteiger partial charge in [-0.3, -0.25) is 19.5 Å². The Labute approximate surface area is 182 Å². The maximum absolute atomic E-state index is 13.3. The second kappa shape index (κ2) is 9.37. The largest absolute Gasteiger partial charge is 0.404 e. The Morgan fingerprint density at radius 2 is 2.30 bits per heavy atom. The van der Waals surface area contributed by atoms with Crippen molar-refractivity contribution in [1.29, 1.82) is 0 Å². The quantitative estimate of drug-likeness (QED) is 0.361. The zero-order valence-electron chi connectivity index (χ0n) is 17.5. The van der Waals surface area contributed by atoms with Crippen molar-refractivity contribution >= 4 is 36.5 Å². The van der Waals surface area contributed by atoms with Crippen LogP contribution in [0, 0.1) is 12.3 Å². The number of carbonyl (C=O) groups is 1. The molecule has 8 heteroatoms. The average Bonchev–Trinajstić information content (AvgIpc) is 3.49. The van der Waals surface area contributed by atoms with Crippen LogP contribution in [0.2, 0.25) is 0 Å². The van der Waals surface area contributed by atoms with Gasteiger partial charge in [0.15, 0.2) is 0 Å². The van der Waals surface area contributed by atoms with Crippen molar-refractivity contribution in [2.75, 3.05) is 31.7 Å². The number of aliphatic imine (C=N–C) groups is 2. The van der Waals surface area contributed by atoms with Crippen molar-refractivity contribution in [2.45, 2.75) is 36.2 Å². The van der Waals surface area contributed by atoms with Crippen LogP contribution in [0.1, 0.15) is 30.1 Å². The monoisotopic (exact) mass is 424 g/mol. The lowest BCUT2D eigenvalue weighted by atomic mass is 10.1. The number of nitrogens with zero attached hydrogens (tertiary/aromatic N) is 4. The van der Waals surface area contributed by atoms with Crippen molar-refractivity contribution < 1.29 is 4.79 Å². The molecule has 1 amide bonds. The number of fused-ring (bicyclic) bond motifs is 1. The highest BCUT2D eigenvalue weighted by Gasteiger charge is 2.37. The van der Waals surface area contributed by atoms with Gasteiger partial charge in [-0.25, -0.2) is 0 Å². The van der Waals surface area contributed by atoms with E-state index in [1.807, 2.05) is 23.1 Å². The molecule has 1 fully saturated rings. The Morgan fingerprint density at radius 1 is 1.53 bits per heavy atom. The minimum Gasteiger partial charge on any atom is -0.404 e. The van der Waals surface area contributed by atoms with E-state index in [2.05, 4.69) is 34.3 Å². The lowest BCUT2D eigenvalue weighted by molar-refractivity contribution is 0.0756. The van der Waals surface area contributed by atoms with Crippen LogP contribution in [0.3, 0.4) is 0 Å². The van der Waals surface area contributed by atoms with Gasteiger partial charge in [-0.05, 0) is 56.6 Å². The summed E-state index contributed by atoms with van der Waals surface area (Å²) in [6.45, 7) is 6.84. The molecule has 30 heavy (non-hydrogen) atoms. The molecule has 7 nitrogen and oxygen atoms in total. The summed E-state index contributed by atoms with van der Waals surface area (Å²) >= 11 is 1.56. The fraction of sp³-hybridized carbons (Fsp3) is 0.409. The van der Waals surface area contributed by atoms with Crippen molar-refractivity contribution in [1.82, 2.24) is 9.62 Å². The fourth-order valence-corrected chi connectivity index (χ4v) is 4.12. The van der Waals surface area contributed by atoms with E-state index in [0.29, 0.717) is 25.3 Å². The molecular weight excluding hydrogens is 396 g/mol. The molecule has 158 valence electrons. The lowest BCUT2D eigenvalue weighted by Gasteiger charge is -2.40. The fourth-order valence-electron chi connectivity index (χ4n) is 3.24. The van der Waals surface area contributed by atoms with Gasteiger partial charge >= 0.3 is 0 Å². The predicted octanol–water partition coefficient (Wildman–Crippen LogP) is 2.30. The maximum Gasteiger partial charge on any atom is 0.257 e. The van der Waals surface area contributed by atoms with Gasteiger partial charge in [0, 0.05) is 35.5 Å². The molecule has 1 unspecified atom stereocenters. The van der Waals surface area contributed by atoms with E-state index >= 15 is 0 Å². The van der Waals surface area contributed by atoms with Gasteiger partial charge in [0.1, 0.15) is 6.04 Å². The predicted molar refractivity (Wildman–Crippen MR) is 125 cm³/mol. The minimum absolute atomic E-state index is 0.0625. The molecule has 1 aliphatic carbocycles. The van der Waals surface area contributed by atoms with Gasteiger partial charge in [0.2, 0.25) is 0 Å². The van der Waals surface area contributed by atoms with Gasteiger partial charge in [-0.2, -0.15) is 0 Å². The van der Waals surface area contributed by atoms with Crippen LogP contribution in [0.5, 0.6) is 0 Å². The number of rotatable bonds is 9. The Bertz CT molecular complexity index is 915. The first-order chi connectivity index (χ1) is 14.4. The average molecular weight is 425 g/mol. The topological polar surface area (TPSA) is 86.3 Å². The zero-order chi connectivity index (χ0) is 21.7. The summed E-state index contributed by atoms with van der Waals surface area (Å²) in [4.78, 5) is 26.1. The summed E-state index contributed by atoms with van der Waals surface area (Å²) in [5, 5.41) is 0. The van der Waals surface area contributed by atoms with Crippen LogP contribution in [0.15, 0.2) is 44.9 Å². The van der Waals surface area contributed by atoms with Gasteiger partial charge in [-0.15, -0.1) is 6.42 Å². The third kappa shape index (κ3) is 4.86. The normalized spacial score (nSPS) is 18.8. The molecule has 1 heterocycles. The first-order valence-corrected chi connectivity index (χ1v) is 10.6. The minimum atomic E-state index is -0.302. The molecule has 1 aromatic carbocycles. The smallest absolute Gasteiger partial charge is 0.257 e. The molecule has 1 atom stereocenters. The molecule has 3 rings (SSSR count). The highest BCUT2D eigenvalue weighted by molar-refractivity contribution is 7.97. The van der Waals surface area contributed by atoms with Gasteiger partial charge in [0.05, 0.1) is 31.0 Å². The Kier molecular flexibility index (Phi) is 6.85. The van der Waals surface area contributed by atoms with E-state index in [1.54, 1.807) is 30.1 Å². The second-order valence-corrected chi connectivity index (χ2v) is 8.66. The van der Waals surface area contributed by atoms with E-state index < -0.39 is 0 Å². The summed E-state index contributed by atoms with van der Waals surface area (Å²) in [6.07, 6.45) is 11.2. The van der Waals surface area contributed by atoms with Gasteiger partial charge in [-0.1, -0.05) is 5.92 Å². The van der Waals surface area contributed by atoms with Crippen LogP contribution < -0.4 is 15.4 Å². The van der Waals surface area contributed by atoms with Crippen molar-refractivity contribution in [3.8, 4) is 12.3 Å². The van der Waals surface area contributed by atoms with Crippen LogP contribution in [-0.4, -0.2) is 62.1 Å². The van der Waals surface area contributed by atoms with Crippen LogP contribution in [0.4, 0.5) is 5.69 Å². The standard InChI is InChI=1S/C22H28N6OS/c1-5-17(13-25-4)28-15-27(14-16(11-23)12-24-3)21(29)19-10-18(6-7-20(19)28)30-26-22(2)8-9-22/h1,6-7,10-12,17,26H,4,8-9,13-15,23H2,2-3H3/b16-11+,24-12?. The number of carbonyl (C=O) groups excluding carboxylic acids is 1. The maximum atomic E-state index is 13.3. The van der Waals surface area contributed by atoms with Crippen LogP contribution >= 0.6 is 11.9 Å².